The first-order valence-electron chi connectivity index (χ1n) is 9.05. The molecule has 2 aliphatic heterocycles. The molecule has 23 heavy (non-hydrogen) atoms. The summed E-state index contributed by atoms with van der Waals surface area (Å²) in [5.74, 6) is 1.85. The maximum Gasteiger partial charge on any atom is 0.193 e. The van der Waals surface area contributed by atoms with Gasteiger partial charge < -0.3 is 10.2 Å². The van der Waals surface area contributed by atoms with Crippen LogP contribution in [0.15, 0.2) is 35.3 Å². The van der Waals surface area contributed by atoms with E-state index < -0.39 is 0 Å². The van der Waals surface area contributed by atoms with Crippen molar-refractivity contribution in [2.24, 2.45) is 10.9 Å². The Kier molecular flexibility index (Phi) is 5.55. The van der Waals surface area contributed by atoms with Gasteiger partial charge in [-0.2, -0.15) is 0 Å². The van der Waals surface area contributed by atoms with Crippen LogP contribution in [-0.4, -0.2) is 55.0 Å². The Labute approximate surface area is 140 Å². The summed E-state index contributed by atoms with van der Waals surface area (Å²) in [5, 5.41) is 3.41. The van der Waals surface area contributed by atoms with E-state index in [1.165, 1.54) is 31.4 Å². The van der Waals surface area contributed by atoms with Gasteiger partial charge in [0.1, 0.15) is 0 Å². The second kappa shape index (κ2) is 7.82. The van der Waals surface area contributed by atoms with Crippen molar-refractivity contribution in [3.05, 3.63) is 35.9 Å². The maximum atomic E-state index is 4.44. The first kappa shape index (κ1) is 16.3. The molecule has 0 saturated carbocycles. The molecular formula is C19H30N4. The molecule has 2 saturated heterocycles. The SMILES string of the molecule is CCNC(=NC)N1CCC2C(CCCN2Cc2ccccc2)C1. The van der Waals surface area contributed by atoms with Crippen LogP contribution < -0.4 is 5.32 Å². The summed E-state index contributed by atoms with van der Waals surface area (Å²) in [7, 11) is 1.90. The maximum absolute atomic E-state index is 4.44. The van der Waals surface area contributed by atoms with Gasteiger partial charge in [-0.15, -0.1) is 0 Å². The number of hydrogen-bond donors (Lipinski definition) is 1. The summed E-state index contributed by atoms with van der Waals surface area (Å²) in [6, 6.07) is 11.7. The summed E-state index contributed by atoms with van der Waals surface area (Å²) in [4.78, 5) is 9.62. The van der Waals surface area contributed by atoms with Crippen molar-refractivity contribution in [2.75, 3.05) is 33.2 Å². The van der Waals surface area contributed by atoms with Gasteiger partial charge in [-0.05, 0) is 44.2 Å². The normalized spacial score (nSPS) is 26.0. The van der Waals surface area contributed by atoms with E-state index in [1.54, 1.807) is 0 Å². The van der Waals surface area contributed by atoms with Crippen LogP contribution in [0.3, 0.4) is 0 Å². The van der Waals surface area contributed by atoms with Crippen LogP contribution in [-0.2, 0) is 6.54 Å². The highest BCUT2D eigenvalue weighted by atomic mass is 15.3. The van der Waals surface area contributed by atoms with Crippen molar-refractivity contribution < 1.29 is 0 Å². The highest BCUT2D eigenvalue weighted by Gasteiger charge is 2.36. The first-order valence-corrected chi connectivity index (χ1v) is 9.05. The van der Waals surface area contributed by atoms with Crippen molar-refractivity contribution in [1.82, 2.24) is 15.1 Å². The van der Waals surface area contributed by atoms with E-state index in [2.05, 4.69) is 57.4 Å². The second-order valence-electron chi connectivity index (χ2n) is 6.74. The Hall–Kier alpha value is -1.55. The number of nitrogens with one attached hydrogen (secondary N) is 1. The number of guanidine groups is 1. The zero-order valence-corrected chi connectivity index (χ0v) is 14.5. The molecule has 126 valence electrons. The fourth-order valence-electron chi connectivity index (χ4n) is 4.20. The molecular weight excluding hydrogens is 284 g/mol. The van der Waals surface area contributed by atoms with Gasteiger partial charge in [-0.1, -0.05) is 30.3 Å². The minimum atomic E-state index is 0.736. The quantitative estimate of drug-likeness (QED) is 0.687. The van der Waals surface area contributed by atoms with Crippen LogP contribution in [0.1, 0.15) is 31.7 Å². The summed E-state index contributed by atoms with van der Waals surface area (Å²) >= 11 is 0. The number of nitrogens with zero attached hydrogens (tertiary/aromatic N) is 3. The Balaban J connectivity index is 1.64. The summed E-state index contributed by atoms with van der Waals surface area (Å²) in [5.41, 5.74) is 1.44. The topological polar surface area (TPSA) is 30.9 Å². The lowest BCUT2D eigenvalue weighted by atomic mass is 9.83. The smallest absolute Gasteiger partial charge is 0.193 e. The van der Waals surface area contributed by atoms with Gasteiger partial charge in [0.15, 0.2) is 5.96 Å². The van der Waals surface area contributed by atoms with Crippen molar-refractivity contribution in [2.45, 2.75) is 38.8 Å². The van der Waals surface area contributed by atoms with Gasteiger partial charge in [0.05, 0.1) is 0 Å². The third kappa shape index (κ3) is 3.86. The fourth-order valence-corrected chi connectivity index (χ4v) is 4.20. The van der Waals surface area contributed by atoms with Gasteiger partial charge >= 0.3 is 0 Å². The lowest BCUT2D eigenvalue weighted by Crippen LogP contribution is -2.56. The van der Waals surface area contributed by atoms with Crippen LogP contribution in [0, 0.1) is 5.92 Å². The molecule has 0 amide bonds. The molecule has 1 aromatic rings. The largest absolute Gasteiger partial charge is 0.357 e. The molecule has 4 nitrogen and oxygen atoms in total. The van der Waals surface area contributed by atoms with Crippen LogP contribution in [0.2, 0.25) is 0 Å². The molecule has 2 unspecified atom stereocenters. The minimum absolute atomic E-state index is 0.736. The number of likely N-dealkylation sites (tertiary alicyclic amines) is 2. The minimum Gasteiger partial charge on any atom is -0.357 e. The summed E-state index contributed by atoms with van der Waals surface area (Å²) in [6.07, 6.45) is 3.93. The summed E-state index contributed by atoms with van der Waals surface area (Å²) < 4.78 is 0. The van der Waals surface area contributed by atoms with Crippen LogP contribution in [0.4, 0.5) is 0 Å². The second-order valence-corrected chi connectivity index (χ2v) is 6.74. The molecule has 2 aliphatic rings. The highest BCUT2D eigenvalue weighted by Crippen LogP contribution is 2.31. The molecule has 0 aromatic heterocycles. The van der Waals surface area contributed by atoms with E-state index in [-0.39, 0.29) is 0 Å². The van der Waals surface area contributed by atoms with Crippen molar-refractivity contribution in [3.63, 3.8) is 0 Å². The van der Waals surface area contributed by atoms with Gasteiger partial charge in [0, 0.05) is 39.3 Å². The monoisotopic (exact) mass is 314 g/mol. The third-order valence-corrected chi connectivity index (χ3v) is 5.26. The van der Waals surface area contributed by atoms with Crippen LogP contribution >= 0.6 is 0 Å². The number of piperidine rings is 2. The molecule has 2 fully saturated rings. The van der Waals surface area contributed by atoms with E-state index in [0.717, 1.165) is 44.1 Å². The Morgan fingerprint density at radius 3 is 2.78 bits per heavy atom. The Bertz CT molecular complexity index is 513. The van der Waals surface area contributed by atoms with Crippen molar-refractivity contribution in [3.8, 4) is 0 Å². The molecule has 1 aromatic carbocycles. The van der Waals surface area contributed by atoms with Gasteiger partial charge in [-0.3, -0.25) is 9.89 Å². The molecule has 0 radical (unpaired) electrons. The average Bonchev–Trinajstić information content (AvgIpc) is 2.60. The zero-order valence-electron chi connectivity index (χ0n) is 14.5. The van der Waals surface area contributed by atoms with Crippen molar-refractivity contribution >= 4 is 5.96 Å². The molecule has 3 rings (SSSR count). The zero-order chi connectivity index (χ0) is 16.1. The molecule has 4 heteroatoms. The van der Waals surface area contributed by atoms with E-state index in [9.17, 15) is 0 Å². The predicted octanol–water partition coefficient (Wildman–Crippen LogP) is 2.57. The average molecular weight is 314 g/mol. The summed E-state index contributed by atoms with van der Waals surface area (Å²) in [6.45, 7) is 7.70. The number of fused-ring (bicyclic) bond motifs is 1. The number of aliphatic imine (C=N–C) groups is 1. The molecule has 0 spiro atoms. The Morgan fingerprint density at radius 1 is 1.22 bits per heavy atom. The molecule has 2 atom stereocenters. The predicted molar refractivity (Wildman–Crippen MR) is 96.6 cm³/mol. The molecule has 1 N–H and O–H groups in total. The van der Waals surface area contributed by atoms with Gasteiger partial charge in [-0.25, -0.2) is 0 Å². The van der Waals surface area contributed by atoms with E-state index in [1.807, 2.05) is 7.05 Å². The number of rotatable bonds is 3. The number of benzene rings is 1. The standard InChI is InChI=1S/C19H30N4/c1-3-21-19(20-2)23-13-11-18-17(15-23)10-7-12-22(18)14-16-8-5-4-6-9-16/h4-6,8-9,17-18H,3,7,10-15H2,1-2H3,(H,20,21). The Morgan fingerprint density at radius 2 is 2.04 bits per heavy atom. The van der Waals surface area contributed by atoms with E-state index in [4.69, 9.17) is 0 Å². The van der Waals surface area contributed by atoms with E-state index >= 15 is 0 Å². The number of hydrogen-bond acceptors (Lipinski definition) is 2. The first-order chi connectivity index (χ1) is 11.3. The van der Waals surface area contributed by atoms with Crippen molar-refractivity contribution in [1.29, 1.82) is 0 Å². The van der Waals surface area contributed by atoms with Crippen LogP contribution in [0.5, 0.6) is 0 Å². The molecule has 0 aliphatic carbocycles. The fraction of sp³-hybridized carbons (Fsp3) is 0.632. The van der Waals surface area contributed by atoms with Gasteiger partial charge in [0.2, 0.25) is 0 Å². The van der Waals surface area contributed by atoms with Gasteiger partial charge in [0.25, 0.3) is 0 Å². The van der Waals surface area contributed by atoms with Crippen LogP contribution in [0.25, 0.3) is 0 Å². The highest BCUT2D eigenvalue weighted by molar-refractivity contribution is 5.79. The molecule has 2 heterocycles. The lowest BCUT2D eigenvalue weighted by Gasteiger charge is -2.48. The third-order valence-electron chi connectivity index (χ3n) is 5.26. The molecule has 0 bridgehead atoms. The van der Waals surface area contributed by atoms with E-state index in [0.29, 0.717) is 0 Å². The lowest BCUT2D eigenvalue weighted by molar-refractivity contribution is 0.0373.